The van der Waals surface area contributed by atoms with Crippen molar-refractivity contribution in [2.75, 3.05) is 6.54 Å². The summed E-state index contributed by atoms with van der Waals surface area (Å²) in [6.45, 7) is 6.98. The fraction of sp³-hybridized carbons (Fsp3) is 0.462. The lowest BCUT2D eigenvalue weighted by Crippen LogP contribution is -2.60. The van der Waals surface area contributed by atoms with Gasteiger partial charge < -0.3 is 9.80 Å². The monoisotopic (exact) mass is 438 g/mol. The van der Waals surface area contributed by atoms with E-state index < -0.39 is 6.04 Å². The van der Waals surface area contributed by atoms with Crippen molar-refractivity contribution in [2.24, 2.45) is 11.8 Å². The Morgan fingerprint density at radius 1 is 1.00 bits per heavy atom. The fourth-order valence-corrected chi connectivity index (χ4v) is 5.28. The second kappa shape index (κ2) is 9.04. The summed E-state index contributed by atoms with van der Waals surface area (Å²) < 4.78 is 0. The normalized spacial score (nSPS) is 27.0. The maximum Gasteiger partial charge on any atom is 0.250 e. The Labute approximate surface area is 190 Å². The zero-order valence-electron chi connectivity index (χ0n) is 18.6. The number of hydrogen-bond donors (Lipinski definition) is 0. The van der Waals surface area contributed by atoms with Gasteiger partial charge in [-0.3, -0.25) is 9.59 Å². The minimum Gasteiger partial charge on any atom is -0.328 e. The lowest BCUT2D eigenvalue weighted by atomic mass is 9.76. The average molecular weight is 439 g/mol. The number of benzene rings is 2. The molecule has 5 heteroatoms. The van der Waals surface area contributed by atoms with Crippen LogP contribution in [0.1, 0.15) is 55.8 Å². The van der Waals surface area contributed by atoms with Crippen molar-refractivity contribution in [3.8, 4) is 0 Å². The van der Waals surface area contributed by atoms with Crippen LogP contribution in [-0.4, -0.2) is 34.2 Å². The second-order valence-electron chi connectivity index (χ2n) is 9.23. The van der Waals surface area contributed by atoms with Crippen LogP contribution in [0.3, 0.4) is 0 Å². The number of carbonyl (C=O) groups is 2. The molecule has 2 aliphatic rings. The maximum atomic E-state index is 13.9. The molecule has 4 rings (SSSR count). The molecule has 1 aliphatic carbocycles. The Morgan fingerprint density at radius 3 is 2.42 bits per heavy atom. The molecule has 0 aromatic heterocycles. The van der Waals surface area contributed by atoms with Gasteiger partial charge in [0.15, 0.2) is 0 Å². The van der Waals surface area contributed by atoms with Crippen LogP contribution in [0.2, 0.25) is 5.02 Å². The summed E-state index contributed by atoms with van der Waals surface area (Å²) in [5.74, 6) is 0.955. The fourth-order valence-electron chi connectivity index (χ4n) is 5.08. The highest BCUT2D eigenvalue weighted by molar-refractivity contribution is 6.31. The molecule has 0 spiro atoms. The molecule has 0 unspecified atom stereocenters. The van der Waals surface area contributed by atoms with Crippen molar-refractivity contribution < 1.29 is 9.59 Å². The van der Waals surface area contributed by atoms with Crippen LogP contribution in [-0.2, 0) is 16.1 Å². The van der Waals surface area contributed by atoms with Gasteiger partial charge in [0.1, 0.15) is 12.6 Å². The highest BCUT2D eigenvalue weighted by Crippen LogP contribution is 2.38. The molecule has 4 nitrogen and oxygen atoms in total. The molecule has 2 aromatic rings. The largest absolute Gasteiger partial charge is 0.328 e. The van der Waals surface area contributed by atoms with Crippen LogP contribution >= 0.6 is 11.6 Å². The molecule has 0 radical (unpaired) electrons. The van der Waals surface area contributed by atoms with Gasteiger partial charge in [-0.15, -0.1) is 0 Å². The summed E-state index contributed by atoms with van der Waals surface area (Å²) in [7, 11) is 0. The van der Waals surface area contributed by atoms with Gasteiger partial charge in [-0.25, -0.2) is 0 Å². The van der Waals surface area contributed by atoms with Crippen LogP contribution in [0.5, 0.6) is 0 Å². The van der Waals surface area contributed by atoms with Gasteiger partial charge in [-0.05, 0) is 42.4 Å². The molecule has 1 aliphatic heterocycles. The van der Waals surface area contributed by atoms with Gasteiger partial charge in [0.05, 0.1) is 0 Å². The number of halogens is 1. The predicted molar refractivity (Wildman–Crippen MR) is 124 cm³/mol. The third-order valence-electron chi connectivity index (χ3n) is 7.21. The predicted octanol–water partition coefficient (Wildman–Crippen LogP) is 5.39. The number of hydrogen-bond acceptors (Lipinski definition) is 2. The van der Waals surface area contributed by atoms with Crippen LogP contribution in [0, 0.1) is 18.8 Å². The quantitative estimate of drug-likeness (QED) is 0.642. The van der Waals surface area contributed by atoms with E-state index in [1.165, 1.54) is 6.42 Å². The first kappa shape index (κ1) is 21.9. The average Bonchev–Trinajstić information content (AvgIpc) is 2.75. The summed E-state index contributed by atoms with van der Waals surface area (Å²) in [4.78, 5) is 30.9. The van der Waals surface area contributed by atoms with Crippen LogP contribution < -0.4 is 0 Å². The third kappa shape index (κ3) is 4.36. The van der Waals surface area contributed by atoms with Crippen molar-refractivity contribution in [3.05, 3.63) is 70.2 Å². The minimum absolute atomic E-state index is 0.0180. The first-order valence-electron chi connectivity index (χ1n) is 11.3. The Hall–Kier alpha value is -2.33. The molecule has 4 atom stereocenters. The molecular formula is C26H31ClN2O2. The Morgan fingerprint density at radius 2 is 1.71 bits per heavy atom. The Bertz CT molecular complexity index is 958. The summed E-state index contributed by atoms with van der Waals surface area (Å²) in [5.41, 5.74) is 2.84. The highest BCUT2D eigenvalue weighted by Gasteiger charge is 2.45. The van der Waals surface area contributed by atoms with Gasteiger partial charge >= 0.3 is 0 Å². The van der Waals surface area contributed by atoms with Crippen LogP contribution in [0.4, 0.5) is 0 Å². The number of piperazine rings is 1. The van der Waals surface area contributed by atoms with Gasteiger partial charge in [0.2, 0.25) is 5.91 Å². The molecule has 1 saturated heterocycles. The minimum atomic E-state index is -0.623. The zero-order chi connectivity index (χ0) is 22.1. The topological polar surface area (TPSA) is 40.6 Å². The Kier molecular flexibility index (Phi) is 6.38. The van der Waals surface area contributed by atoms with E-state index in [0.717, 1.165) is 29.5 Å². The van der Waals surface area contributed by atoms with Crippen molar-refractivity contribution in [1.82, 2.24) is 9.80 Å². The van der Waals surface area contributed by atoms with Crippen molar-refractivity contribution in [1.29, 1.82) is 0 Å². The number of aryl methyl sites for hydroxylation is 1. The van der Waals surface area contributed by atoms with Gasteiger partial charge in [0, 0.05) is 17.6 Å². The molecule has 2 fully saturated rings. The summed E-state index contributed by atoms with van der Waals surface area (Å²) >= 11 is 6.39. The maximum absolute atomic E-state index is 13.9. The van der Waals surface area contributed by atoms with E-state index in [1.807, 2.05) is 60.4 Å². The molecule has 2 aromatic carbocycles. The molecule has 31 heavy (non-hydrogen) atoms. The molecule has 2 amide bonds. The lowest BCUT2D eigenvalue weighted by molar-refractivity contribution is -0.161. The molecule has 1 saturated carbocycles. The molecule has 0 N–H and O–H groups in total. The van der Waals surface area contributed by atoms with E-state index in [9.17, 15) is 9.59 Å². The summed E-state index contributed by atoms with van der Waals surface area (Å²) in [6.07, 6.45) is 3.26. The molecular weight excluding hydrogens is 408 g/mol. The summed E-state index contributed by atoms with van der Waals surface area (Å²) in [5, 5.41) is 0.613. The van der Waals surface area contributed by atoms with E-state index in [4.69, 9.17) is 11.6 Å². The first-order valence-corrected chi connectivity index (χ1v) is 11.6. The van der Waals surface area contributed by atoms with E-state index >= 15 is 0 Å². The van der Waals surface area contributed by atoms with Crippen LogP contribution in [0.25, 0.3) is 0 Å². The Balaban J connectivity index is 1.70. The molecule has 0 bridgehead atoms. The lowest BCUT2D eigenvalue weighted by Gasteiger charge is -2.47. The highest BCUT2D eigenvalue weighted by atomic mass is 35.5. The smallest absolute Gasteiger partial charge is 0.250 e. The number of carbonyl (C=O) groups excluding carboxylic acids is 2. The molecule has 164 valence electrons. The first-order chi connectivity index (χ1) is 14.9. The zero-order valence-corrected chi connectivity index (χ0v) is 19.3. The standard InChI is InChI=1S/C26H31ClN2O2/c1-17-11-13-20(14-12-17)25-26(31)28(23-10-6-7-18(2)19(23)3)16-24(30)29(25)15-21-8-4-5-9-22(21)27/h4-5,8-9,11-14,18-19,23,25H,6-7,10,15-16H2,1-3H3/t18-,19+,23+,25+/m0/s1. The number of rotatable bonds is 4. The van der Waals surface area contributed by atoms with Gasteiger partial charge in [-0.1, -0.05) is 86.3 Å². The second-order valence-corrected chi connectivity index (χ2v) is 9.63. The van der Waals surface area contributed by atoms with Crippen molar-refractivity contribution in [2.45, 2.75) is 58.7 Å². The molecule has 1 heterocycles. The van der Waals surface area contributed by atoms with Crippen molar-refractivity contribution >= 4 is 23.4 Å². The van der Waals surface area contributed by atoms with E-state index in [0.29, 0.717) is 23.4 Å². The van der Waals surface area contributed by atoms with Crippen LogP contribution in [0.15, 0.2) is 48.5 Å². The summed E-state index contributed by atoms with van der Waals surface area (Å²) in [6, 6.07) is 15.0. The van der Waals surface area contributed by atoms with E-state index in [-0.39, 0.29) is 24.4 Å². The van der Waals surface area contributed by atoms with Gasteiger partial charge in [-0.2, -0.15) is 0 Å². The number of amides is 2. The SMILES string of the molecule is Cc1ccc([C@@H]2C(=O)N([C@@H]3CCC[C@H](C)[C@H]3C)CC(=O)N2Cc2ccccc2Cl)cc1. The van der Waals surface area contributed by atoms with Crippen molar-refractivity contribution in [3.63, 3.8) is 0 Å². The third-order valence-corrected chi connectivity index (χ3v) is 7.58. The number of nitrogens with zero attached hydrogens (tertiary/aromatic N) is 2. The van der Waals surface area contributed by atoms with Gasteiger partial charge in [0.25, 0.3) is 5.91 Å². The van der Waals surface area contributed by atoms with E-state index in [1.54, 1.807) is 4.90 Å². The van der Waals surface area contributed by atoms with E-state index in [2.05, 4.69) is 13.8 Å².